The van der Waals surface area contributed by atoms with Crippen molar-refractivity contribution in [3.05, 3.63) is 108 Å². The van der Waals surface area contributed by atoms with Crippen LogP contribution in [0.3, 0.4) is 0 Å². The SMILES string of the molecule is COc1ccc(NC(=O)CN2C(=O)S/C(=C\c3ccc(Oc4nc5c(c(=O)n(C)c(=O)n5C)n4Cc4ccc(Cl)cc4Cl)c(OC)c3)C2=O)cc1. The molecule has 2 aromatic heterocycles. The summed E-state index contributed by atoms with van der Waals surface area (Å²) in [6, 6.07) is 16.3. The summed E-state index contributed by atoms with van der Waals surface area (Å²) in [5.41, 5.74) is 0.610. The fraction of sp³-hybridized carbons (Fsp3) is 0.176. The fourth-order valence-electron chi connectivity index (χ4n) is 5.23. The van der Waals surface area contributed by atoms with Crippen molar-refractivity contribution in [1.29, 1.82) is 0 Å². The Morgan fingerprint density at radius 3 is 2.35 bits per heavy atom. The third-order valence-electron chi connectivity index (χ3n) is 7.89. The van der Waals surface area contributed by atoms with Crippen molar-refractivity contribution in [2.24, 2.45) is 14.1 Å². The van der Waals surface area contributed by atoms with Gasteiger partial charge in [0.2, 0.25) is 5.91 Å². The van der Waals surface area contributed by atoms with E-state index in [1.54, 1.807) is 60.7 Å². The van der Waals surface area contributed by atoms with E-state index in [4.69, 9.17) is 37.4 Å². The van der Waals surface area contributed by atoms with Crippen molar-refractivity contribution >= 4 is 74.9 Å². The summed E-state index contributed by atoms with van der Waals surface area (Å²) in [4.78, 5) is 70.0. The third kappa shape index (κ3) is 7.08. The molecule has 3 heterocycles. The number of ether oxygens (including phenoxy) is 3. The van der Waals surface area contributed by atoms with Gasteiger partial charge in [0.05, 0.1) is 25.7 Å². The monoisotopic (exact) mass is 750 g/mol. The Balaban J connectivity index is 1.27. The Morgan fingerprint density at radius 2 is 1.67 bits per heavy atom. The van der Waals surface area contributed by atoms with Gasteiger partial charge in [-0.15, -0.1) is 0 Å². The maximum absolute atomic E-state index is 13.4. The predicted molar refractivity (Wildman–Crippen MR) is 193 cm³/mol. The van der Waals surface area contributed by atoms with Crippen molar-refractivity contribution in [1.82, 2.24) is 23.6 Å². The second kappa shape index (κ2) is 14.4. The van der Waals surface area contributed by atoms with Gasteiger partial charge in [-0.1, -0.05) is 35.3 Å². The number of methoxy groups -OCH3 is 2. The molecule has 0 atom stereocenters. The van der Waals surface area contributed by atoms with Gasteiger partial charge in [-0.3, -0.25) is 37.8 Å². The molecular weight excluding hydrogens is 723 g/mol. The lowest BCUT2D eigenvalue weighted by atomic mass is 10.2. The van der Waals surface area contributed by atoms with E-state index in [1.807, 2.05) is 0 Å². The standard InChI is InChI=1S/C34H28Cl2N6O8S/c1-39-29-28(31(45)40(2)33(39)46)41(16-19-6-7-20(35)15-23(19)36)32(38-29)50-24-12-5-18(13-25(24)49-4)14-26-30(44)42(34(47)51-26)17-27(43)37-21-8-10-22(48-3)11-9-21/h5-15H,16-17H2,1-4H3,(H,37,43)/b26-14-. The van der Waals surface area contributed by atoms with Crippen molar-refractivity contribution in [3.8, 4) is 23.3 Å². The van der Waals surface area contributed by atoms with Crippen molar-refractivity contribution in [3.63, 3.8) is 0 Å². The third-order valence-corrected chi connectivity index (χ3v) is 9.39. The number of benzene rings is 3. The number of anilines is 1. The van der Waals surface area contributed by atoms with Crippen LogP contribution in [0.2, 0.25) is 10.0 Å². The van der Waals surface area contributed by atoms with Gasteiger partial charge in [0.1, 0.15) is 12.3 Å². The summed E-state index contributed by atoms with van der Waals surface area (Å²) in [6.07, 6.45) is 1.50. The number of halogens is 2. The number of carbonyl (C=O) groups excluding carboxylic acids is 3. The fourth-order valence-corrected chi connectivity index (χ4v) is 6.54. The number of rotatable bonds is 10. The Kier molecular flexibility index (Phi) is 9.96. The van der Waals surface area contributed by atoms with E-state index in [-0.39, 0.29) is 40.1 Å². The van der Waals surface area contributed by atoms with Crippen LogP contribution in [0, 0.1) is 0 Å². The Labute approximate surface area is 303 Å². The molecule has 0 aliphatic carbocycles. The quantitative estimate of drug-likeness (QED) is 0.187. The van der Waals surface area contributed by atoms with E-state index < -0.39 is 34.8 Å². The molecule has 6 rings (SSSR count). The first-order valence-electron chi connectivity index (χ1n) is 15.0. The Morgan fingerprint density at radius 1 is 0.922 bits per heavy atom. The van der Waals surface area contributed by atoms with Crippen molar-refractivity contribution < 1.29 is 28.6 Å². The minimum absolute atomic E-state index is 0.0330. The summed E-state index contributed by atoms with van der Waals surface area (Å²) in [6.45, 7) is -0.426. The van der Waals surface area contributed by atoms with Gasteiger partial charge >= 0.3 is 11.7 Å². The van der Waals surface area contributed by atoms with Crippen LogP contribution in [0.4, 0.5) is 10.5 Å². The highest BCUT2D eigenvalue weighted by Gasteiger charge is 2.36. The molecule has 0 spiro atoms. The smallest absolute Gasteiger partial charge is 0.332 e. The van der Waals surface area contributed by atoms with E-state index >= 15 is 0 Å². The molecule has 0 bridgehead atoms. The van der Waals surface area contributed by atoms with E-state index in [0.717, 1.165) is 9.47 Å². The van der Waals surface area contributed by atoms with Gasteiger partial charge in [-0.05, 0) is 77.5 Å². The molecule has 1 aliphatic rings. The summed E-state index contributed by atoms with van der Waals surface area (Å²) in [5.74, 6) is -0.143. The van der Waals surface area contributed by atoms with Gasteiger partial charge in [-0.2, -0.15) is 4.98 Å². The maximum Gasteiger partial charge on any atom is 0.332 e. The first kappa shape index (κ1) is 35.3. The molecule has 3 aromatic carbocycles. The molecule has 1 N–H and O–H groups in total. The molecule has 0 saturated carbocycles. The highest BCUT2D eigenvalue weighted by Crippen LogP contribution is 2.37. The molecule has 1 fully saturated rings. The number of hydrogen-bond acceptors (Lipinski definition) is 10. The number of fused-ring (bicyclic) bond motifs is 1. The van der Waals surface area contributed by atoms with Gasteiger partial charge in [0, 0.05) is 29.8 Å². The van der Waals surface area contributed by atoms with Crippen LogP contribution in [0.5, 0.6) is 23.3 Å². The van der Waals surface area contributed by atoms with E-state index in [2.05, 4.69) is 10.3 Å². The highest BCUT2D eigenvalue weighted by molar-refractivity contribution is 8.18. The minimum atomic E-state index is -0.629. The molecule has 17 heteroatoms. The van der Waals surface area contributed by atoms with Crippen LogP contribution in [-0.2, 0) is 30.2 Å². The number of thioether (sulfide) groups is 1. The van der Waals surface area contributed by atoms with E-state index in [0.29, 0.717) is 44.4 Å². The molecule has 51 heavy (non-hydrogen) atoms. The summed E-state index contributed by atoms with van der Waals surface area (Å²) in [7, 11) is 5.79. The number of amides is 3. The van der Waals surface area contributed by atoms with Crippen LogP contribution < -0.4 is 30.8 Å². The Hall–Kier alpha value is -5.51. The van der Waals surface area contributed by atoms with Crippen LogP contribution in [0.15, 0.2) is 75.2 Å². The van der Waals surface area contributed by atoms with Crippen LogP contribution >= 0.6 is 35.0 Å². The number of nitrogens with one attached hydrogen (secondary N) is 1. The van der Waals surface area contributed by atoms with Gasteiger partial charge in [0.25, 0.3) is 16.7 Å². The van der Waals surface area contributed by atoms with E-state index in [9.17, 15) is 24.0 Å². The number of aryl methyl sites for hydroxylation is 1. The van der Waals surface area contributed by atoms with E-state index in [1.165, 1.54) is 43.5 Å². The number of imide groups is 1. The van der Waals surface area contributed by atoms with Gasteiger partial charge < -0.3 is 19.5 Å². The summed E-state index contributed by atoms with van der Waals surface area (Å²) in [5, 5.41) is 2.84. The van der Waals surface area contributed by atoms with Crippen molar-refractivity contribution in [2.75, 3.05) is 26.1 Å². The normalized spacial score (nSPS) is 13.7. The van der Waals surface area contributed by atoms with Crippen molar-refractivity contribution in [2.45, 2.75) is 6.54 Å². The number of imidazole rings is 1. The lowest BCUT2D eigenvalue weighted by Crippen LogP contribution is -2.37. The molecule has 0 radical (unpaired) electrons. The number of aromatic nitrogens is 4. The first-order valence-corrected chi connectivity index (χ1v) is 16.6. The number of nitrogens with zero attached hydrogens (tertiary/aromatic N) is 5. The molecular formula is C34H28Cl2N6O8S. The molecule has 5 aromatic rings. The zero-order valence-corrected chi connectivity index (χ0v) is 29.8. The molecule has 1 saturated heterocycles. The highest BCUT2D eigenvalue weighted by atomic mass is 35.5. The summed E-state index contributed by atoms with van der Waals surface area (Å²) < 4.78 is 20.6. The first-order chi connectivity index (χ1) is 24.4. The average Bonchev–Trinajstić information content (AvgIpc) is 3.59. The second-order valence-corrected chi connectivity index (χ2v) is 13.0. The molecule has 3 amide bonds. The lowest BCUT2D eigenvalue weighted by molar-refractivity contribution is -0.127. The topological polar surface area (TPSA) is 156 Å². The minimum Gasteiger partial charge on any atom is -0.497 e. The van der Waals surface area contributed by atoms with Crippen LogP contribution in [0.1, 0.15) is 11.1 Å². The Bertz CT molecular complexity index is 2390. The summed E-state index contributed by atoms with van der Waals surface area (Å²) >= 11 is 13.3. The van der Waals surface area contributed by atoms with Gasteiger partial charge in [0.15, 0.2) is 22.7 Å². The molecule has 1 aliphatic heterocycles. The number of carbonyl (C=O) groups is 3. The van der Waals surface area contributed by atoms with Crippen LogP contribution in [-0.4, -0.2) is 61.4 Å². The second-order valence-electron chi connectivity index (χ2n) is 11.2. The average molecular weight is 752 g/mol. The zero-order chi connectivity index (χ0) is 36.6. The zero-order valence-electron chi connectivity index (χ0n) is 27.4. The maximum atomic E-state index is 13.4. The van der Waals surface area contributed by atoms with Crippen LogP contribution in [0.25, 0.3) is 17.2 Å². The molecule has 262 valence electrons. The largest absolute Gasteiger partial charge is 0.497 e. The molecule has 14 nitrogen and oxygen atoms in total. The van der Waals surface area contributed by atoms with Gasteiger partial charge in [-0.25, -0.2) is 4.79 Å². The lowest BCUT2D eigenvalue weighted by Gasteiger charge is -2.14. The predicted octanol–water partition coefficient (Wildman–Crippen LogP) is 5.27. The number of hydrogen-bond donors (Lipinski definition) is 1. The molecule has 0 unspecified atom stereocenters.